The van der Waals surface area contributed by atoms with E-state index >= 15 is 0 Å². The molecule has 1 aliphatic rings. The highest BCUT2D eigenvalue weighted by Crippen LogP contribution is 2.36. The summed E-state index contributed by atoms with van der Waals surface area (Å²) in [6.07, 6.45) is 0. The van der Waals surface area contributed by atoms with E-state index in [1.165, 1.54) is 18.2 Å². The maximum Gasteiger partial charge on any atom is 0.265 e. The van der Waals surface area contributed by atoms with Crippen LogP contribution in [0.25, 0.3) is 0 Å². The van der Waals surface area contributed by atoms with Crippen molar-refractivity contribution in [1.82, 2.24) is 0 Å². The summed E-state index contributed by atoms with van der Waals surface area (Å²) in [5, 5.41) is 3.28. The van der Waals surface area contributed by atoms with Crippen LogP contribution in [0.3, 0.4) is 0 Å². The number of nitrogens with one attached hydrogen (secondary N) is 1. The molecule has 5 nitrogen and oxygen atoms in total. The number of anilines is 2. The molecular formula is C22H16ClFN2O3. The summed E-state index contributed by atoms with van der Waals surface area (Å²) in [5.74, 6) is -0.635. The minimum Gasteiger partial charge on any atom is -0.482 e. The Hall–Kier alpha value is -3.38. The first-order valence-corrected chi connectivity index (χ1v) is 9.26. The van der Waals surface area contributed by atoms with Gasteiger partial charge in [0.2, 0.25) is 0 Å². The van der Waals surface area contributed by atoms with Gasteiger partial charge in [0, 0.05) is 16.3 Å². The molecular weight excluding hydrogens is 395 g/mol. The molecule has 0 fully saturated rings. The number of hydrogen-bond donors (Lipinski definition) is 1. The number of benzene rings is 3. The lowest BCUT2D eigenvalue weighted by molar-refractivity contribution is -0.121. The fourth-order valence-corrected chi connectivity index (χ4v) is 3.28. The largest absolute Gasteiger partial charge is 0.482 e. The minimum atomic E-state index is -0.493. The molecule has 0 spiro atoms. The van der Waals surface area contributed by atoms with Crippen LogP contribution < -0.4 is 15.0 Å². The van der Waals surface area contributed by atoms with Gasteiger partial charge in [-0.05, 0) is 48.0 Å². The first-order valence-electron chi connectivity index (χ1n) is 8.89. The lowest BCUT2D eigenvalue weighted by Crippen LogP contribution is -2.38. The highest BCUT2D eigenvalue weighted by molar-refractivity contribution is 6.31. The Labute approximate surface area is 171 Å². The van der Waals surface area contributed by atoms with E-state index in [2.05, 4.69) is 5.32 Å². The van der Waals surface area contributed by atoms with Crippen LogP contribution in [0.4, 0.5) is 15.8 Å². The maximum absolute atomic E-state index is 13.4. The van der Waals surface area contributed by atoms with E-state index in [0.29, 0.717) is 22.1 Å². The Kier molecular flexibility index (Phi) is 5.18. The summed E-state index contributed by atoms with van der Waals surface area (Å²) >= 11 is 6.24. The van der Waals surface area contributed by atoms with Crippen molar-refractivity contribution < 1.29 is 18.7 Å². The molecule has 0 saturated heterocycles. The van der Waals surface area contributed by atoms with Crippen LogP contribution in [0, 0.1) is 5.82 Å². The molecule has 146 valence electrons. The molecule has 0 aliphatic carbocycles. The van der Waals surface area contributed by atoms with Gasteiger partial charge in [0.15, 0.2) is 6.61 Å². The van der Waals surface area contributed by atoms with Crippen molar-refractivity contribution in [2.24, 2.45) is 0 Å². The lowest BCUT2D eigenvalue weighted by Gasteiger charge is -2.30. The summed E-state index contributed by atoms with van der Waals surface area (Å²) in [7, 11) is 0. The van der Waals surface area contributed by atoms with Crippen molar-refractivity contribution in [2.75, 3.05) is 16.8 Å². The lowest BCUT2D eigenvalue weighted by atomic mass is 10.1. The number of rotatable bonds is 4. The Morgan fingerprint density at radius 2 is 1.93 bits per heavy atom. The predicted molar refractivity (Wildman–Crippen MR) is 109 cm³/mol. The molecule has 2 amide bonds. The summed E-state index contributed by atoms with van der Waals surface area (Å²) in [4.78, 5) is 26.5. The Morgan fingerprint density at radius 1 is 1.10 bits per heavy atom. The van der Waals surface area contributed by atoms with Crippen LogP contribution in [-0.2, 0) is 11.3 Å². The predicted octanol–water partition coefficient (Wildman–Crippen LogP) is 4.66. The molecule has 4 rings (SSSR count). The number of ether oxygens (including phenoxy) is 1. The highest BCUT2D eigenvalue weighted by Gasteiger charge is 2.26. The third-order valence-corrected chi connectivity index (χ3v) is 4.90. The molecule has 0 bridgehead atoms. The van der Waals surface area contributed by atoms with E-state index in [-0.39, 0.29) is 24.6 Å². The zero-order valence-electron chi connectivity index (χ0n) is 15.2. The maximum atomic E-state index is 13.4. The zero-order chi connectivity index (χ0) is 20.4. The fraction of sp³-hybridized carbons (Fsp3) is 0.0909. The average Bonchev–Trinajstić information content (AvgIpc) is 2.71. The second-order valence-corrected chi connectivity index (χ2v) is 6.91. The fourth-order valence-electron chi connectivity index (χ4n) is 3.08. The second-order valence-electron chi connectivity index (χ2n) is 6.51. The molecule has 1 N–H and O–H groups in total. The van der Waals surface area contributed by atoms with Gasteiger partial charge in [-0.2, -0.15) is 0 Å². The molecule has 1 heterocycles. The second kappa shape index (κ2) is 7.93. The van der Waals surface area contributed by atoms with E-state index < -0.39 is 11.7 Å². The summed E-state index contributed by atoms with van der Waals surface area (Å²) < 4.78 is 18.9. The molecule has 7 heteroatoms. The zero-order valence-corrected chi connectivity index (χ0v) is 15.9. The molecule has 0 saturated carbocycles. The van der Waals surface area contributed by atoms with E-state index in [4.69, 9.17) is 16.3 Å². The number of carbonyl (C=O) groups excluding carboxylic acids is 2. The molecule has 0 aromatic heterocycles. The van der Waals surface area contributed by atoms with Crippen molar-refractivity contribution >= 4 is 34.8 Å². The van der Waals surface area contributed by atoms with Crippen LogP contribution >= 0.6 is 11.6 Å². The van der Waals surface area contributed by atoms with Gasteiger partial charge in [0.1, 0.15) is 11.6 Å². The average molecular weight is 411 g/mol. The summed E-state index contributed by atoms with van der Waals surface area (Å²) in [5.41, 5.74) is 1.98. The topological polar surface area (TPSA) is 58.6 Å². The van der Waals surface area contributed by atoms with Crippen LogP contribution in [-0.4, -0.2) is 18.4 Å². The van der Waals surface area contributed by atoms with Crippen LogP contribution in [0.15, 0.2) is 66.7 Å². The van der Waals surface area contributed by atoms with Crippen molar-refractivity contribution in [3.8, 4) is 5.75 Å². The molecule has 0 radical (unpaired) electrons. The standard InChI is InChI=1S/C22H16ClFN2O3/c23-18-7-2-1-4-15(18)12-26-19-11-17(8-9-20(19)29-13-21(26)27)25-22(28)14-5-3-6-16(24)10-14/h1-11H,12-13H2,(H,25,28). The molecule has 29 heavy (non-hydrogen) atoms. The number of nitrogens with zero attached hydrogens (tertiary/aromatic N) is 1. The van der Waals surface area contributed by atoms with Gasteiger partial charge < -0.3 is 15.0 Å². The Morgan fingerprint density at radius 3 is 2.72 bits per heavy atom. The number of amides is 2. The van der Waals surface area contributed by atoms with Gasteiger partial charge >= 0.3 is 0 Å². The summed E-state index contributed by atoms with van der Waals surface area (Å²) in [6, 6.07) is 17.7. The Bertz CT molecular complexity index is 1100. The normalized spacial score (nSPS) is 12.9. The quantitative estimate of drug-likeness (QED) is 0.680. The first-order chi connectivity index (χ1) is 14.0. The molecule has 1 aliphatic heterocycles. The highest BCUT2D eigenvalue weighted by atomic mass is 35.5. The summed E-state index contributed by atoms with van der Waals surface area (Å²) in [6.45, 7) is 0.197. The smallest absolute Gasteiger partial charge is 0.265 e. The van der Waals surface area contributed by atoms with Gasteiger partial charge in [-0.25, -0.2) is 4.39 Å². The number of hydrogen-bond acceptors (Lipinski definition) is 3. The SMILES string of the molecule is O=C(Nc1ccc2c(c1)N(Cc1ccccc1Cl)C(=O)CO2)c1cccc(F)c1. The molecule has 3 aromatic carbocycles. The van der Waals surface area contributed by atoms with Crippen LogP contribution in [0.5, 0.6) is 5.75 Å². The first kappa shape index (κ1) is 19.0. The minimum absolute atomic E-state index is 0.0769. The van der Waals surface area contributed by atoms with Gasteiger partial charge in [0.05, 0.1) is 12.2 Å². The van der Waals surface area contributed by atoms with Crippen LogP contribution in [0.1, 0.15) is 15.9 Å². The van der Waals surface area contributed by atoms with E-state index in [1.54, 1.807) is 29.2 Å². The third-order valence-electron chi connectivity index (χ3n) is 4.53. The van der Waals surface area contributed by atoms with Crippen LogP contribution in [0.2, 0.25) is 5.02 Å². The van der Waals surface area contributed by atoms with Gasteiger partial charge in [-0.1, -0.05) is 35.9 Å². The van der Waals surface area contributed by atoms with E-state index in [1.807, 2.05) is 18.2 Å². The third kappa shape index (κ3) is 4.07. The van der Waals surface area contributed by atoms with Gasteiger partial charge in [-0.3, -0.25) is 9.59 Å². The van der Waals surface area contributed by atoms with Crippen molar-refractivity contribution in [3.05, 3.63) is 88.7 Å². The number of fused-ring (bicyclic) bond motifs is 1. The van der Waals surface area contributed by atoms with Crippen molar-refractivity contribution in [2.45, 2.75) is 6.54 Å². The number of carbonyl (C=O) groups is 2. The van der Waals surface area contributed by atoms with Gasteiger partial charge in [-0.15, -0.1) is 0 Å². The molecule has 0 atom stereocenters. The molecule has 0 unspecified atom stereocenters. The molecule has 3 aromatic rings. The Balaban J connectivity index is 1.62. The monoisotopic (exact) mass is 410 g/mol. The number of halogens is 2. The van der Waals surface area contributed by atoms with Crippen molar-refractivity contribution in [1.29, 1.82) is 0 Å². The van der Waals surface area contributed by atoms with E-state index in [0.717, 1.165) is 11.6 Å². The van der Waals surface area contributed by atoms with Gasteiger partial charge in [0.25, 0.3) is 11.8 Å². The van der Waals surface area contributed by atoms with E-state index in [9.17, 15) is 14.0 Å². The van der Waals surface area contributed by atoms with Crippen molar-refractivity contribution in [3.63, 3.8) is 0 Å².